The molecule has 0 aliphatic heterocycles. The summed E-state index contributed by atoms with van der Waals surface area (Å²) in [6.07, 6.45) is 12.7. The fraction of sp³-hybridized carbons (Fsp3) is 0.857. The normalized spacial score (nSPS) is 31.1. The third-order valence-electron chi connectivity index (χ3n) is 3.67. The Balaban J connectivity index is 2.15. The lowest BCUT2D eigenvalue weighted by Crippen LogP contribution is -2.43. The first-order valence-electron chi connectivity index (χ1n) is 6.42. The Kier molecular flexibility index (Phi) is 5.79. The molecule has 2 unspecified atom stereocenters. The molecule has 1 aliphatic carbocycles. The van der Waals surface area contributed by atoms with Gasteiger partial charge in [-0.1, -0.05) is 20.3 Å². The second kappa shape index (κ2) is 6.90. The fourth-order valence-electron chi connectivity index (χ4n) is 2.70. The molecule has 1 saturated carbocycles. The second-order valence-corrected chi connectivity index (χ2v) is 5.03. The van der Waals surface area contributed by atoms with Crippen LogP contribution < -0.4 is 5.32 Å². The van der Waals surface area contributed by atoms with Gasteiger partial charge in [-0.15, -0.1) is 12.3 Å². The molecule has 1 N–H and O–H groups in total. The van der Waals surface area contributed by atoms with Crippen LogP contribution in [0.4, 0.5) is 0 Å². The van der Waals surface area contributed by atoms with E-state index in [0.717, 1.165) is 30.8 Å². The maximum atomic E-state index is 5.23. The largest absolute Gasteiger partial charge is 0.313 e. The quantitative estimate of drug-likeness (QED) is 0.539. The summed E-state index contributed by atoms with van der Waals surface area (Å²) in [6.45, 7) is 5.91. The van der Waals surface area contributed by atoms with Crippen molar-refractivity contribution in [3.63, 3.8) is 0 Å². The van der Waals surface area contributed by atoms with Crippen molar-refractivity contribution in [3.05, 3.63) is 0 Å². The van der Waals surface area contributed by atoms with Gasteiger partial charge in [0.05, 0.1) is 0 Å². The van der Waals surface area contributed by atoms with E-state index in [1.54, 1.807) is 0 Å². The van der Waals surface area contributed by atoms with E-state index in [0.29, 0.717) is 0 Å². The van der Waals surface area contributed by atoms with Crippen molar-refractivity contribution < 1.29 is 0 Å². The summed E-state index contributed by atoms with van der Waals surface area (Å²) in [7, 11) is 0. The Morgan fingerprint density at radius 3 is 2.47 bits per heavy atom. The monoisotopic (exact) mass is 207 g/mol. The van der Waals surface area contributed by atoms with Crippen molar-refractivity contribution in [2.75, 3.05) is 6.54 Å². The van der Waals surface area contributed by atoms with E-state index in [4.69, 9.17) is 6.42 Å². The number of unbranched alkanes of at least 4 members (excludes halogenated alkanes) is 2. The van der Waals surface area contributed by atoms with Gasteiger partial charge in [-0.05, 0) is 44.1 Å². The van der Waals surface area contributed by atoms with Gasteiger partial charge in [0.25, 0.3) is 0 Å². The molecule has 1 aliphatic rings. The highest BCUT2D eigenvalue weighted by molar-refractivity contribution is 4.84. The molecule has 1 rings (SSSR count). The van der Waals surface area contributed by atoms with Crippen molar-refractivity contribution in [2.45, 2.75) is 58.4 Å². The fourth-order valence-corrected chi connectivity index (χ4v) is 2.70. The van der Waals surface area contributed by atoms with E-state index in [1.807, 2.05) is 0 Å². The van der Waals surface area contributed by atoms with E-state index in [9.17, 15) is 0 Å². The Morgan fingerprint density at radius 2 is 1.87 bits per heavy atom. The lowest BCUT2D eigenvalue weighted by molar-refractivity contribution is 0.209. The number of hydrogen-bond donors (Lipinski definition) is 1. The van der Waals surface area contributed by atoms with Crippen LogP contribution in [-0.4, -0.2) is 12.6 Å². The molecule has 1 fully saturated rings. The third-order valence-corrected chi connectivity index (χ3v) is 3.67. The van der Waals surface area contributed by atoms with Gasteiger partial charge in [0.1, 0.15) is 0 Å². The molecule has 0 heterocycles. The Bertz CT molecular complexity index is 194. The molecule has 0 radical (unpaired) electrons. The molecule has 15 heavy (non-hydrogen) atoms. The molecular weight excluding hydrogens is 182 g/mol. The van der Waals surface area contributed by atoms with Gasteiger partial charge in [-0.3, -0.25) is 0 Å². The van der Waals surface area contributed by atoms with Crippen LogP contribution in [0.3, 0.4) is 0 Å². The number of nitrogens with one attached hydrogen (secondary N) is 1. The topological polar surface area (TPSA) is 12.0 Å². The number of hydrogen-bond acceptors (Lipinski definition) is 1. The van der Waals surface area contributed by atoms with Gasteiger partial charge in [-0.2, -0.15) is 0 Å². The molecule has 1 nitrogen and oxygen atoms in total. The first kappa shape index (κ1) is 12.6. The summed E-state index contributed by atoms with van der Waals surface area (Å²) < 4.78 is 0. The first-order chi connectivity index (χ1) is 7.25. The summed E-state index contributed by atoms with van der Waals surface area (Å²) in [5, 5.41) is 3.71. The van der Waals surface area contributed by atoms with Crippen molar-refractivity contribution in [2.24, 2.45) is 11.8 Å². The van der Waals surface area contributed by atoms with E-state index in [2.05, 4.69) is 25.1 Å². The summed E-state index contributed by atoms with van der Waals surface area (Å²) >= 11 is 0. The molecule has 0 aromatic heterocycles. The molecule has 0 amide bonds. The minimum absolute atomic E-state index is 0.740. The van der Waals surface area contributed by atoms with Gasteiger partial charge in [0, 0.05) is 12.5 Å². The van der Waals surface area contributed by atoms with Crippen LogP contribution in [0.25, 0.3) is 0 Å². The van der Waals surface area contributed by atoms with Crippen LogP contribution in [0.5, 0.6) is 0 Å². The predicted molar refractivity (Wildman–Crippen MR) is 66.7 cm³/mol. The summed E-state index contributed by atoms with van der Waals surface area (Å²) in [6, 6.07) is 0.740. The number of terminal acetylenes is 1. The molecule has 0 aromatic carbocycles. The second-order valence-electron chi connectivity index (χ2n) is 5.03. The van der Waals surface area contributed by atoms with Crippen molar-refractivity contribution in [1.82, 2.24) is 5.32 Å². The Hall–Kier alpha value is -0.480. The van der Waals surface area contributed by atoms with Crippen LogP contribution in [0.2, 0.25) is 0 Å². The zero-order valence-electron chi connectivity index (χ0n) is 10.3. The SMILES string of the molecule is C#CCCCCNC1C(C)CCCC1C. The van der Waals surface area contributed by atoms with Crippen molar-refractivity contribution in [3.8, 4) is 12.3 Å². The van der Waals surface area contributed by atoms with Crippen LogP contribution in [0.1, 0.15) is 52.4 Å². The summed E-state index contributed by atoms with van der Waals surface area (Å²) in [5.41, 5.74) is 0. The standard InChI is InChI=1S/C14H25N/c1-4-5-6-7-11-15-14-12(2)9-8-10-13(14)3/h1,12-15H,5-11H2,2-3H3. The lowest BCUT2D eigenvalue weighted by Gasteiger charge is -2.35. The molecule has 86 valence electrons. The van der Waals surface area contributed by atoms with Crippen molar-refractivity contribution >= 4 is 0 Å². The van der Waals surface area contributed by atoms with Gasteiger partial charge in [-0.25, -0.2) is 0 Å². The summed E-state index contributed by atoms with van der Waals surface area (Å²) in [5.74, 6) is 4.39. The van der Waals surface area contributed by atoms with Crippen LogP contribution in [0.15, 0.2) is 0 Å². The van der Waals surface area contributed by atoms with E-state index < -0.39 is 0 Å². The van der Waals surface area contributed by atoms with Gasteiger partial charge >= 0.3 is 0 Å². The molecule has 0 aromatic rings. The molecule has 2 atom stereocenters. The van der Waals surface area contributed by atoms with Crippen LogP contribution >= 0.6 is 0 Å². The highest BCUT2D eigenvalue weighted by Crippen LogP contribution is 2.28. The van der Waals surface area contributed by atoms with Gasteiger partial charge in [0.2, 0.25) is 0 Å². The maximum absolute atomic E-state index is 5.23. The summed E-state index contributed by atoms with van der Waals surface area (Å²) in [4.78, 5) is 0. The van der Waals surface area contributed by atoms with Crippen molar-refractivity contribution in [1.29, 1.82) is 0 Å². The smallest absolute Gasteiger partial charge is 0.0118 e. The molecular formula is C14H25N. The minimum atomic E-state index is 0.740. The minimum Gasteiger partial charge on any atom is -0.313 e. The molecule has 0 spiro atoms. The average Bonchev–Trinajstić information content (AvgIpc) is 2.21. The average molecular weight is 207 g/mol. The molecule has 0 bridgehead atoms. The van der Waals surface area contributed by atoms with E-state index >= 15 is 0 Å². The number of rotatable bonds is 5. The highest BCUT2D eigenvalue weighted by Gasteiger charge is 2.26. The highest BCUT2D eigenvalue weighted by atomic mass is 14.9. The van der Waals surface area contributed by atoms with Crippen LogP contribution in [-0.2, 0) is 0 Å². The molecule has 0 saturated heterocycles. The first-order valence-corrected chi connectivity index (χ1v) is 6.42. The van der Waals surface area contributed by atoms with E-state index in [1.165, 1.54) is 32.1 Å². The maximum Gasteiger partial charge on any atom is 0.0118 e. The lowest BCUT2D eigenvalue weighted by atomic mass is 9.79. The molecule has 1 heteroatoms. The van der Waals surface area contributed by atoms with Gasteiger partial charge in [0.15, 0.2) is 0 Å². The van der Waals surface area contributed by atoms with Gasteiger partial charge < -0.3 is 5.32 Å². The zero-order chi connectivity index (χ0) is 11.1. The van der Waals surface area contributed by atoms with Crippen LogP contribution in [0, 0.1) is 24.2 Å². The third kappa shape index (κ3) is 4.26. The Labute approximate surface area is 95.0 Å². The Morgan fingerprint density at radius 1 is 1.20 bits per heavy atom. The van der Waals surface area contributed by atoms with E-state index in [-0.39, 0.29) is 0 Å². The predicted octanol–water partition coefficient (Wildman–Crippen LogP) is 3.20. The zero-order valence-corrected chi connectivity index (χ0v) is 10.3.